The van der Waals surface area contributed by atoms with E-state index in [-0.39, 0.29) is 18.4 Å². The van der Waals surface area contributed by atoms with Crippen LogP contribution in [-0.4, -0.2) is 46.2 Å². The molecule has 0 aliphatic heterocycles. The smallest absolute Gasteiger partial charge is 0.248 e. The van der Waals surface area contributed by atoms with E-state index in [1.807, 2.05) is 0 Å². The van der Waals surface area contributed by atoms with Crippen LogP contribution in [0.2, 0.25) is 0 Å². The van der Waals surface area contributed by atoms with E-state index in [1.54, 1.807) is 56.7 Å². The molecule has 3 aromatic rings. The highest BCUT2D eigenvalue weighted by molar-refractivity contribution is 5.92. The molecule has 3 rings (SSSR count). The van der Waals surface area contributed by atoms with Gasteiger partial charge in [-0.1, -0.05) is 0 Å². The molecule has 29 heavy (non-hydrogen) atoms. The number of nitrogens with zero attached hydrogens (tertiary/aromatic N) is 4. The summed E-state index contributed by atoms with van der Waals surface area (Å²) in [5.41, 5.74) is 1.92. The first-order valence-electron chi connectivity index (χ1n) is 8.66. The van der Waals surface area contributed by atoms with Gasteiger partial charge in [0.05, 0.1) is 14.2 Å². The molecule has 0 saturated carbocycles. The zero-order valence-electron chi connectivity index (χ0n) is 16.2. The molecule has 0 fully saturated rings. The molecule has 0 unspecified atom stereocenters. The Kier molecular flexibility index (Phi) is 6.03. The standard InChI is InChI=1S/C19H20N6O4/c1-12(26)20-14-5-7-15(8-6-14)21-18(27)11-25-23-19(22-24-25)13-4-9-16(28-2)17(10-13)29-3/h4-10H,11H2,1-3H3,(H,20,26)(H,21,27). The van der Waals surface area contributed by atoms with Gasteiger partial charge < -0.3 is 20.1 Å². The van der Waals surface area contributed by atoms with Crippen LogP contribution in [0.5, 0.6) is 11.5 Å². The maximum atomic E-state index is 12.2. The normalized spacial score (nSPS) is 10.3. The predicted octanol–water partition coefficient (Wildman–Crippen LogP) is 1.95. The molecule has 2 amide bonds. The number of anilines is 2. The highest BCUT2D eigenvalue weighted by atomic mass is 16.5. The first-order valence-corrected chi connectivity index (χ1v) is 8.66. The monoisotopic (exact) mass is 396 g/mol. The van der Waals surface area contributed by atoms with E-state index in [0.717, 1.165) is 0 Å². The molecule has 0 bridgehead atoms. The SMILES string of the molecule is COc1ccc(-c2nnn(CC(=O)Nc3ccc(NC(C)=O)cc3)n2)cc1OC. The fourth-order valence-electron chi connectivity index (χ4n) is 2.57. The van der Waals surface area contributed by atoms with Crippen LogP contribution in [-0.2, 0) is 16.1 Å². The van der Waals surface area contributed by atoms with Crippen LogP contribution in [0.1, 0.15) is 6.92 Å². The van der Waals surface area contributed by atoms with Gasteiger partial charge in [0.2, 0.25) is 17.6 Å². The van der Waals surface area contributed by atoms with Gasteiger partial charge in [0.25, 0.3) is 0 Å². The van der Waals surface area contributed by atoms with Crippen molar-refractivity contribution in [2.24, 2.45) is 0 Å². The second-order valence-corrected chi connectivity index (χ2v) is 6.02. The third-order valence-electron chi connectivity index (χ3n) is 3.87. The van der Waals surface area contributed by atoms with Crippen molar-refractivity contribution >= 4 is 23.2 Å². The summed E-state index contributed by atoms with van der Waals surface area (Å²) in [7, 11) is 3.09. The largest absolute Gasteiger partial charge is 0.493 e. The van der Waals surface area contributed by atoms with Crippen LogP contribution in [0.4, 0.5) is 11.4 Å². The number of carbonyl (C=O) groups is 2. The van der Waals surface area contributed by atoms with Gasteiger partial charge in [-0.3, -0.25) is 9.59 Å². The number of hydrogen-bond acceptors (Lipinski definition) is 7. The van der Waals surface area contributed by atoms with Crippen molar-refractivity contribution in [3.8, 4) is 22.9 Å². The predicted molar refractivity (Wildman–Crippen MR) is 106 cm³/mol. The number of benzene rings is 2. The number of ether oxygens (including phenoxy) is 2. The highest BCUT2D eigenvalue weighted by Crippen LogP contribution is 2.30. The number of nitrogens with one attached hydrogen (secondary N) is 2. The molecule has 10 nitrogen and oxygen atoms in total. The van der Waals surface area contributed by atoms with Gasteiger partial charge in [-0.25, -0.2) is 0 Å². The molecule has 1 aromatic heterocycles. The Morgan fingerprint density at radius 3 is 2.24 bits per heavy atom. The molecule has 1 heterocycles. The van der Waals surface area contributed by atoms with Crippen molar-refractivity contribution < 1.29 is 19.1 Å². The summed E-state index contributed by atoms with van der Waals surface area (Å²) < 4.78 is 10.5. The van der Waals surface area contributed by atoms with E-state index < -0.39 is 0 Å². The van der Waals surface area contributed by atoms with Crippen molar-refractivity contribution in [2.75, 3.05) is 24.9 Å². The summed E-state index contributed by atoms with van der Waals surface area (Å²) >= 11 is 0. The van der Waals surface area contributed by atoms with Gasteiger partial charge in [-0.15, -0.1) is 10.2 Å². The number of carbonyl (C=O) groups excluding carboxylic acids is 2. The lowest BCUT2D eigenvalue weighted by Gasteiger charge is -2.07. The molecule has 0 aliphatic rings. The second-order valence-electron chi connectivity index (χ2n) is 6.02. The minimum absolute atomic E-state index is 0.103. The number of aromatic nitrogens is 4. The first-order chi connectivity index (χ1) is 14.0. The van der Waals surface area contributed by atoms with E-state index in [1.165, 1.54) is 11.7 Å². The average molecular weight is 396 g/mol. The van der Waals surface area contributed by atoms with E-state index in [9.17, 15) is 9.59 Å². The van der Waals surface area contributed by atoms with Crippen molar-refractivity contribution in [1.82, 2.24) is 20.2 Å². The Labute approximate surface area is 166 Å². The van der Waals surface area contributed by atoms with Crippen LogP contribution >= 0.6 is 0 Å². The lowest BCUT2D eigenvalue weighted by Crippen LogP contribution is -2.20. The highest BCUT2D eigenvalue weighted by Gasteiger charge is 2.12. The van der Waals surface area contributed by atoms with E-state index in [2.05, 4.69) is 26.0 Å². The Bertz CT molecular complexity index is 1020. The molecular formula is C19H20N6O4. The van der Waals surface area contributed by atoms with E-state index in [0.29, 0.717) is 34.3 Å². The zero-order chi connectivity index (χ0) is 20.8. The molecule has 0 saturated heterocycles. The third kappa shape index (κ3) is 5.06. The topological polar surface area (TPSA) is 120 Å². The van der Waals surface area contributed by atoms with Crippen molar-refractivity contribution in [2.45, 2.75) is 13.5 Å². The van der Waals surface area contributed by atoms with Gasteiger partial charge in [0.1, 0.15) is 6.54 Å². The lowest BCUT2D eigenvalue weighted by atomic mass is 10.2. The maximum absolute atomic E-state index is 12.2. The fraction of sp³-hybridized carbons (Fsp3) is 0.211. The summed E-state index contributed by atoms with van der Waals surface area (Å²) in [6.45, 7) is 1.32. The molecule has 0 spiro atoms. The Morgan fingerprint density at radius 1 is 0.966 bits per heavy atom. The minimum atomic E-state index is -0.312. The van der Waals surface area contributed by atoms with Crippen LogP contribution in [0, 0.1) is 0 Å². The summed E-state index contributed by atoms with van der Waals surface area (Å²) in [5.74, 6) is 1.02. The lowest BCUT2D eigenvalue weighted by molar-refractivity contribution is -0.117. The van der Waals surface area contributed by atoms with Crippen molar-refractivity contribution in [1.29, 1.82) is 0 Å². The van der Waals surface area contributed by atoms with Crippen LogP contribution in [0.15, 0.2) is 42.5 Å². The van der Waals surface area contributed by atoms with Gasteiger partial charge in [-0.05, 0) is 47.7 Å². The quantitative estimate of drug-likeness (QED) is 0.626. The molecule has 0 atom stereocenters. The Hall–Kier alpha value is -3.95. The fourth-order valence-corrected chi connectivity index (χ4v) is 2.57. The number of methoxy groups -OCH3 is 2. The molecular weight excluding hydrogens is 376 g/mol. The van der Waals surface area contributed by atoms with Gasteiger partial charge in [0, 0.05) is 23.9 Å². The summed E-state index contributed by atoms with van der Waals surface area (Å²) in [6, 6.07) is 12.0. The Balaban J connectivity index is 1.64. The summed E-state index contributed by atoms with van der Waals surface area (Å²) in [5, 5.41) is 17.5. The molecule has 2 N–H and O–H groups in total. The molecule has 10 heteroatoms. The van der Waals surface area contributed by atoms with Crippen LogP contribution in [0.3, 0.4) is 0 Å². The number of amides is 2. The first kappa shape index (κ1) is 19.8. The van der Waals surface area contributed by atoms with Crippen LogP contribution in [0.25, 0.3) is 11.4 Å². The van der Waals surface area contributed by atoms with E-state index >= 15 is 0 Å². The zero-order valence-corrected chi connectivity index (χ0v) is 16.2. The van der Waals surface area contributed by atoms with Gasteiger partial charge in [0.15, 0.2) is 11.5 Å². The summed E-state index contributed by atoms with van der Waals surface area (Å²) in [6.07, 6.45) is 0. The number of rotatable bonds is 7. The average Bonchev–Trinajstić information content (AvgIpc) is 3.16. The molecule has 0 radical (unpaired) electrons. The number of hydrogen-bond donors (Lipinski definition) is 2. The summed E-state index contributed by atoms with van der Waals surface area (Å²) in [4.78, 5) is 24.5. The molecule has 2 aromatic carbocycles. The molecule has 150 valence electrons. The van der Waals surface area contributed by atoms with Gasteiger partial charge in [-0.2, -0.15) is 4.80 Å². The minimum Gasteiger partial charge on any atom is -0.493 e. The van der Waals surface area contributed by atoms with Crippen molar-refractivity contribution in [3.63, 3.8) is 0 Å². The molecule has 0 aliphatic carbocycles. The Morgan fingerprint density at radius 2 is 1.62 bits per heavy atom. The second kappa shape index (κ2) is 8.83. The number of tetrazole rings is 1. The third-order valence-corrected chi connectivity index (χ3v) is 3.87. The maximum Gasteiger partial charge on any atom is 0.248 e. The van der Waals surface area contributed by atoms with Gasteiger partial charge >= 0.3 is 0 Å². The van der Waals surface area contributed by atoms with E-state index in [4.69, 9.17) is 9.47 Å². The van der Waals surface area contributed by atoms with Crippen molar-refractivity contribution in [3.05, 3.63) is 42.5 Å². The van der Waals surface area contributed by atoms with Crippen LogP contribution < -0.4 is 20.1 Å².